The molecule has 1 unspecified atom stereocenters. The standard InChI is InChI=1S/C16H21N3O2/c1-2-3-7-10-17-14-11-18-19(12-14)15(16(20)21)13-8-5-4-6-9-13/h4-6,8-9,11-12,15,17H,2-3,7,10H2,1H3,(H,20,21). The van der Waals surface area contributed by atoms with E-state index in [4.69, 9.17) is 0 Å². The quantitative estimate of drug-likeness (QED) is 0.732. The number of carboxylic acid groups (broad SMARTS) is 1. The van der Waals surface area contributed by atoms with E-state index in [1.54, 1.807) is 24.5 Å². The lowest BCUT2D eigenvalue weighted by molar-refractivity contribution is -0.139. The zero-order chi connectivity index (χ0) is 15.1. The summed E-state index contributed by atoms with van der Waals surface area (Å²) in [5.41, 5.74) is 1.57. The zero-order valence-electron chi connectivity index (χ0n) is 12.2. The first-order chi connectivity index (χ1) is 10.2. The summed E-state index contributed by atoms with van der Waals surface area (Å²) in [6.07, 6.45) is 6.88. The molecule has 2 rings (SSSR count). The molecule has 0 aliphatic heterocycles. The third-order valence-corrected chi connectivity index (χ3v) is 3.32. The van der Waals surface area contributed by atoms with Gasteiger partial charge >= 0.3 is 5.97 Å². The van der Waals surface area contributed by atoms with Crippen molar-refractivity contribution in [2.24, 2.45) is 0 Å². The molecule has 0 bridgehead atoms. The zero-order valence-corrected chi connectivity index (χ0v) is 12.2. The van der Waals surface area contributed by atoms with E-state index >= 15 is 0 Å². The van der Waals surface area contributed by atoms with Crippen LogP contribution in [0.2, 0.25) is 0 Å². The average Bonchev–Trinajstić information content (AvgIpc) is 2.93. The molecule has 0 radical (unpaired) electrons. The van der Waals surface area contributed by atoms with Crippen LogP contribution in [-0.4, -0.2) is 27.4 Å². The number of unbranched alkanes of at least 4 members (excludes halogenated alkanes) is 2. The Bertz CT molecular complexity index is 566. The first-order valence-electron chi connectivity index (χ1n) is 7.28. The van der Waals surface area contributed by atoms with Crippen LogP contribution in [-0.2, 0) is 4.79 Å². The molecule has 0 fully saturated rings. The Hall–Kier alpha value is -2.30. The van der Waals surface area contributed by atoms with Gasteiger partial charge < -0.3 is 10.4 Å². The smallest absolute Gasteiger partial charge is 0.333 e. The van der Waals surface area contributed by atoms with Crippen LogP contribution in [0.5, 0.6) is 0 Å². The largest absolute Gasteiger partial charge is 0.479 e. The molecule has 0 aliphatic carbocycles. The van der Waals surface area contributed by atoms with Gasteiger partial charge in [-0.15, -0.1) is 0 Å². The summed E-state index contributed by atoms with van der Waals surface area (Å²) in [7, 11) is 0. The Kier molecular flexibility index (Phi) is 5.37. The molecule has 2 N–H and O–H groups in total. The third kappa shape index (κ3) is 4.08. The predicted molar refractivity (Wildman–Crippen MR) is 82.5 cm³/mol. The van der Waals surface area contributed by atoms with Crippen molar-refractivity contribution in [3.63, 3.8) is 0 Å². The summed E-state index contributed by atoms with van der Waals surface area (Å²) in [5.74, 6) is -0.915. The first-order valence-corrected chi connectivity index (χ1v) is 7.28. The molecule has 21 heavy (non-hydrogen) atoms. The molecule has 1 aromatic carbocycles. The number of aromatic nitrogens is 2. The molecular formula is C16H21N3O2. The van der Waals surface area contributed by atoms with Crippen LogP contribution < -0.4 is 5.32 Å². The van der Waals surface area contributed by atoms with Crippen LogP contribution >= 0.6 is 0 Å². The van der Waals surface area contributed by atoms with Gasteiger partial charge in [0.25, 0.3) is 0 Å². The Morgan fingerprint density at radius 2 is 2.10 bits per heavy atom. The van der Waals surface area contributed by atoms with E-state index in [9.17, 15) is 9.90 Å². The van der Waals surface area contributed by atoms with Crippen molar-refractivity contribution >= 4 is 11.7 Å². The van der Waals surface area contributed by atoms with E-state index in [1.165, 1.54) is 17.5 Å². The maximum Gasteiger partial charge on any atom is 0.333 e. The molecule has 1 aromatic heterocycles. The van der Waals surface area contributed by atoms with E-state index < -0.39 is 12.0 Å². The molecule has 0 aliphatic rings. The lowest BCUT2D eigenvalue weighted by Gasteiger charge is -2.13. The van der Waals surface area contributed by atoms with E-state index in [2.05, 4.69) is 17.3 Å². The maximum atomic E-state index is 11.5. The summed E-state index contributed by atoms with van der Waals surface area (Å²) in [6.45, 7) is 3.04. The van der Waals surface area contributed by atoms with E-state index in [0.29, 0.717) is 5.56 Å². The fraction of sp³-hybridized carbons (Fsp3) is 0.375. The number of carboxylic acids is 1. The Balaban J connectivity index is 2.08. The van der Waals surface area contributed by atoms with Crippen LogP contribution in [0.1, 0.15) is 37.8 Å². The van der Waals surface area contributed by atoms with Gasteiger partial charge in [0.2, 0.25) is 0 Å². The highest BCUT2D eigenvalue weighted by Crippen LogP contribution is 2.19. The second kappa shape index (κ2) is 7.47. The highest BCUT2D eigenvalue weighted by molar-refractivity contribution is 5.76. The molecule has 0 saturated heterocycles. The number of anilines is 1. The van der Waals surface area contributed by atoms with Crippen molar-refractivity contribution < 1.29 is 9.90 Å². The number of carbonyl (C=O) groups is 1. The third-order valence-electron chi connectivity index (χ3n) is 3.32. The number of hydrogen-bond donors (Lipinski definition) is 2. The summed E-state index contributed by atoms with van der Waals surface area (Å²) in [6, 6.07) is 8.34. The Morgan fingerprint density at radius 1 is 1.33 bits per heavy atom. The van der Waals surface area contributed by atoms with Gasteiger partial charge in [-0.1, -0.05) is 50.1 Å². The van der Waals surface area contributed by atoms with Crippen LogP contribution in [0.25, 0.3) is 0 Å². The van der Waals surface area contributed by atoms with Crippen LogP contribution in [0.15, 0.2) is 42.7 Å². The second-order valence-corrected chi connectivity index (χ2v) is 4.99. The predicted octanol–water partition coefficient (Wildman–Crippen LogP) is 3.16. The van der Waals surface area contributed by atoms with Crippen molar-refractivity contribution in [3.05, 3.63) is 48.3 Å². The van der Waals surface area contributed by atoms with Gasteiger partial charge in [0.1, 0.15) is 0 Å². The van der Waals surface area contributed by atoms with Crippen LogP contribution in [0.4, 0.5) is 5.69 Å². The molecule has 1 heterocycles. The molecule has 0 amide bonds. The monoisotopic (exact) mass is 287 g/mol. The number of nitrogens with zero attached hydrogens (tertiary/aromatic N) is 2. The van der Waals surface area contributed by atoms with Gasteiger partial charge in [-0.05, 0) is 12.0 Å². The van der Waals surface area contributed by atoms with Crippen molar-refractivity contribution in [2.75, 3.05) is 11.9 Å². The molecule has 112 valence electrons. The molecule has 5 heteroatoms. The topological polar surface area (TPSA) is 67.2 Å². The molecule has 5 nitrogen and oxygen atoms in total. The maximum absolute atomic E-state index is 11.5. The molecule has 0 saturated carbocycles. The Morgan fingerprint density at radius 3 is 2.76 bits per heavy atom. The number of rotatable bonds is 8. The van der Waals surface area contributed by atoms with Gasteiger partial charge in [-0.3, -0.25) is 4.68 Å². The highest BCUT2D eigenvalue weighted by Gasteiger charge is 2.22. The summed E-state index contributed by atoms with van der Waals surface area (Å²) in [5, 5.41) is 16.9. The summed E-state index contributed by atoms with van der Waals surface area (Å²) in [4.78, 5) is 11.5. The van der Waals surface area contributed by atoms with Crippen LogP contribution in [0, 0.1) is 0 Å². The minimum absolute atomic E-state index is 0.714. The first kappa shape index (κ1) is 15.1. The van der Waals surface area contributed by atoms with Gasteiger partial charge in [0.05, 0.1) is 11.9 Å². The van der Waals surface area contributed by atoms with Crippen molar-refractivity contribution in [1.82, 2.24) is 9.78 Å². The SMILES string of the molecule is CCCCCNc1cnn(C(C(=O)O)c2ccccc2)c1. The molecular weight excluding hydrogens is 266 g/mol. The molecule has 1 atom stereocenters. The highest BCUT2D eigenvalue weighted by atomic mass is 16.4. The number of benzene rings is 1. The molecule has 2 aromatic rings. The number of hydrogen-bond acceptors (Lipinski definition) is 3. The lowest BCUT2D eigenvalue weighted by atomic mass is 10.1. The van der Waals surface area contributed by atoms with Gasteiger partial charge in [0.15, 0.2) is 6.04 Å². The number of nitrogens with one attached hydrogen (secondary N) is 1. The van der Waals surface area contributed by atoms with E-state index in [1.807, 2.05) is 18.2 Å². The van der Waals surface area contributed by atoms with Crippen LogP contribution in [0.3, 0.4) is 0 Å². The Labute approximate surface area is 124 Å². The second-order valence-electron chi connectivity index (χ2n) is 4.99. The summed E-state index contributed by atoms with van der Waals surface area (Å²) < 4.78 is 1.49. The van der Waals surface area contributed by atoms with Crippen molar-refractivity contribution in [3.8, 4) is 0 Å². The summed E-state index contributed by atoms with van der Waals surface area (Å²) >= 11 is 0. The van der Waals surface area contributed by atoms with E-state index in [-0.39, 0.29) is 0 Å². The molecule has 0 spiro atoms. The van der Waals surface area contributed by atoms with Crippen molar-refractivity contribution in [1.29, 1.82) is 0 Å². The normalized spacial score (nSPS) is 12.0. The van der Waals surface area contributed by atoms with Gasteiger partial charge in [-0.2, -0.15) is 5.10 Å². The fourth-order valence-corrected chi connectivity index (χ4v) is 2.22. The minimum atomic E-state index is -0.915. The minimum Gasteiger partial charge on any atom is -0.479 e. The van der Waals surface area contributed by atoms with E-state index in [0.717, 1.165) is 18.7 Å². The number of aliphatic carboxylic acids is 1. The van der Waals surface area contributed by atoms with Crippen molar-refractivity contribution in [2.45, 2.75) is 32.2 Å². The van der Waals surface area contributed by atoms with Gasteiger partial charge in [0, 0.05) is 12.7 Å². The average molecular weight is 287 g/mol. The van der Waals surface area contributed by atoms with Gasteiger partial charge in [-0.25, -0.2) is 4.79 Å². The fourth-order valence-electron chi connectivity index (χ4n) is 2.22. The lowest BCUT2D eigenvalue weighted by Crippen LogP contribution is -2.20.